The van der Waals surface area contributed by atoms with Crippen molar-refractivity contribution in [3.05, 3.63) is 64.9 Å². The number of anilines is 1. The summed E-state index contributed by atoms with van der Waals surface area (Å²) in [6, 6.07) is 11.2. The fourth-order valence-electron chi connectivity index (χ4n) is 3.26. The predicted octanol–water partition coefficient (Wildman–Crippen LogP) is 3.43. The zero-order valence-electron chi connectivity index (χ0n) is 20.4. The van der Waals surface area contributed by atoms with Crippen LogP contribution in [0.2, 0.25) is 5.02 Å². The first-order valence-corrected chi connectivity index (χ1v) is 13.0. The van der Waals surface area contributed by atoms with Crippen molar-refractivity contribution in [1.82, 2.24) is 14.5 Å². The maximum Gasteiger partial charge on any atom is 0.304 e. The van der Waals surface area contributed by atoms with Crippen molar-refractivity contribution >= 4 is 39.3 Å². The molecule has 8 nitrogen and oxygen atoms in total. The molecule has 1 atom stereocenters. The van der Waals surface area contributed by atoms with Crippen molar-refractivity contribution in [3.8, 4) is 0 Å². The lowest BCUT2D eigenvalue weighted by Gasteiger charge is -2.33. The number of hydrogen-bond donors (Lipinski definition) is 1. The monoisotopic (exact) mass is 526 g/mol. The number of rotatable bonds is 12. The molecule has 0 aliphatic carbocycles. The van der Waals surface area contributed by atoms with Crippen LogP contribution in [0.1, 0.15) is 32.3 Å². The van der Waals surface area contributed by atoms with Gasteiger partial charge in [0.05, 0.1) is 5.69 Å². The topological polar surface area (TPSA) is 90.0 Å². The molecule has 2 rings (SSSR count). The van der Waals surface area contributed by atoms with E-state index in [1.807, 2.05) is 6.92 Å². The summed E-state index contributed by atoms with van der Waals surface area (Å²) in [5, 5.41) is 3.32. The van der Waals surface area contributed by atoms with Gasteiger partial charge in [-0.25, -0.2) is 8.70 Å². The van der Waals surface area contributed by atoms with E-state index in [2.05, 4.69) is 5.32 Å². The maximum atomic E-state index is 14.6. The molecule has 11 heteroatoms. The SMILES string of the molecule is CCCCNC(=O)[C@@H](C)N(Cc1ccc(Cl)cc1)C(=O)CN(c1ccccc1F)S(=O)(=O)N(C)C. The number of benzene rings is 2. The molecule has 2 aromatic carbocycles. The number of nitrogens with one attached hydrogen (secondary N) is 1. The van der Waals surface area contributed by atoms with Crippen molar-refractivity contribution in [2.45, 2.75) is 39.3 Å². The van der Waals surface area contributed by atoms with Crippen LogP contribution in [0.5, 0.6) is 0 Å². The lowest BCUT2D eigenvalue weighted by molar-refractivity contribution is -0.139. The second-order valence-corrected chi connectivity index (χ2v) is 10.7. The van der Waals surface area contributed by atoms with E-state index in [0.717, 1.165) is 23.2 Å². The minimum Gasteiger partial charge on any atom is -0.354 e. The number of halogens is 2. The molecule has 0 aliphatic heterocycles. The van der Waals surface area contributed by atoms with Crippen LogP contribution in [0, 0.1) is 5.82 Å². The molecule has 2 amide bonds. The number of hydrogen-bond acceptors (Lipinski definition) is 4. The van der Waals surface area contributed by atoms with E-state index >= 15 is 0 Å². The summed E-state index contributed by atoms with van der Waals surface area (Å²) in [6.07, 6.45) is 1.67. The van der Waals surface area contributed by atoms with Crippen molar-refractivity contribution in [2.24, 2.45) is 0 Å². The molecular formula is C24H32ClFN4O4S. The molecule has 0 aromatic heterocycles. The second kappa shape index (κ2) is 12.9. The largest absolute Gasteiger partial charge is 0.354 e. The van der Waals surface area contributed by atoms with Crippen molar-refractivity contribution < 1.29 is 22.4 Å². The summed E-state index contributed by atoms with van der Waals surface area (Å²) in [4.78, 5) is 27.6. The smallest absolute Gasteiger partial charge is 0.304 e. The van der Waals surface area contributed by atoms with Gasteiger partial charge in [0.1, 0.15) is 18.4 Å². The molecule has 192 valence electrons. The Bertz CT molecular complexity index is 1110. The number of carbonyl (C=O) groups excluding carboxylic acids is 2. The number of amides is 2. The zero-order valence-corrected chi connectivity index (χ0v) is 21.9. The molecule has 0 radical (unpaired) electrons. The van der Waals surface area contributed by atoms with E-state index < -0.39 is 34.5 Å². The Kier molecular flexibility index (Phi) is 10.5. The fraction of sp³-hybridized carbons (Fsp3) is 0.417. The van der Waals surface area contributed by atoms with E-state index in [4.69, 9.17) is 11.6 Å². The average molecular weight is 527 g/mol. The van der Waals surface area contributed by atoms with Gasteiger partial charge >= 0.3 is 10.2 Å². The van der Waals surface area contributed by atoms with Crippen LogP contribution in [-0.2, 0) is 26.3 Å². The van der Waals surface area contributed by atoms with Gasteiger partial charge in [-0.3, -0.25) is 9.59 Å². The van der Waals surface area contributed by atoms with Crippen LogP contribution in [0.15, 0.2) is 48.5 Å². The molecule has 0 saturated heterocycles. The number of unbranched alkanes of at least 4 members (excludes halogenated alkanes) is 1. The minimum absolute atomic E-state index is 0.0332. The second-order valence-electron chi connectivity index (χ2n) is 8.22. The highest BCUT2D eigenvalue weighted by atomic mass is 35.5. The van der Waals surface area contributed by atoms with Crippen LogP contribution in [-0.4, -0.2) is 62.7 Å². The molecule has 0 fully saturated rings. The summed E-state index contributed by atoms with van der Waals surface area (Å²) in [6.45, 7) is 3.36. The molecule has 0 aliphatic rings. The van der Waals surface area contributed by atoms with E-state index in [-0.39, 0.29) is 18.1 Å². The number of nitrogens with zero attached hydrogens (tertiary/aromatic N) is 3. The molecular weight excluding hydrogens is 495 g/mol. The third-order valence-corrected chi connectivity index (χ3v) is 7.46. The molecule has 0 bridgehead atoms. The Morgan fingerprint density at radius 2 is 1.71 bits per heavy atom. The lowest BCUT2D eigenvalue weighted by Crippen LogP contribution is -2.52. The minimum atomic E-state index is -4.22. The Labute approximate surface area is 211 Å². The van der Waals surface area contributed by atoms with Crippen LogP contribution in [0.25, 0.3) is 0 Å². The van der Waals surface area contributed by atoms with Crippen molar-refractivity contribution in [2.75, 3.05) is 31.5 Å². The van der Waals surface area contributed by atoms with Gasteiger partial charge < -0.3 is 10.2 Å². The number of carbonyl (C=O) groups is 2. The standard InChI is InChI=1S/C24H32ClFN4O4S/c1-5-6-15-27-24(32)18(2)29(16-19-11-13-20(25)14-12-19)23(31)17-30(35(33,34)28(3)4)22-10-8-7-9-21(22)26/h7-14,18H,5-6,15-17H2,1-4H3,(H,27,32)/t18-/m1/s1. The van der Waals surface area contributed by atoms with Crippen LogP contribution < -0.4 is 9.62 Å². The van der Waals surface area contributed by atoms with Gasteiger partial charge in [-0.05, 0) is 43.2 Å². The summed E-state index contributed by atoms with van der Waals surface area (Å²) in [5.74, 6) is -1.82. The Morgan fingerprint density at radius 1 is 1.09 bits per heavy atom. The summed E-state index contributed by atoms with van der Waals surface area (Å²) in [5.41, 5.74) is 0.435. The highest BCUT2D eigenvalue weighted by molar-refractivity contribution is 7.90. The molecule has 0 spiro atoms. The fourth-order valence-corrected chi connectivity index (χ4v) is 4.45. The first-order chi connectivity index (χ1) is 16.5. The van der Waals surface area contributed by atoms with Gasteiger partial charge in [-0.1, -0.05) is 49.2 Å². The van der Waals surface area contributed by atoms with E-state index in [1.165, 1.54) is 37.2 Å². The van der Waals surface area contributed by atoms with Crippen LogP contribution in [0.3, 0.4) is 0 Å². The molecule has 0 saturated carbocycles. The van der Waals surface area contributed by atoms with E-state index in [9.17, 15) is 22.4 Å². The summed E-state index contributed by atoms with van der Waals surface area (Å²) in [7, 11) is -1.63. The summed E-state index contributed by atoms with van der Waals surface area (Å²) >= 11 is 5.97. The lowest BCUT2D eigenvalue weighted by atomic mass is 10.1. The van der Waals surface area contributed by atoms with Gasteiger partial charge in [0.2, 0.25) is 11.8 Å². The van der Waals surface area contributed by atoms with Gasteiger partial charge in [0.15, 0.2) is 0 Å². The number of para-hydroxylation sites is 1. The average Bonchev–Trinajstić information content (AvgIpc) is 2.82. The Morgan fingerprint density at radius 3 is 2.29 bits per heavy atom. The first kappa shape index (κ1) is 28.5. The van der Waals surface area contributed by atoms with Crippen molar-refractivity contribution in [1.29, 1.82) is 0 Å². The van der Waals surface area contributed by atoms with Crippen molar-refractivity contribution in [3.63, 3.8) is 0 Å². The molecule has 2 aromatic rings. The highest BCUT2D eigenvalue weighted by Crippen LogP contribution is 2.24. The quantitative estimate of drug-likeness (QED) is 0.429. The molecule has 0 heterocycles. The maximum absolute atomic E-state index is 14.6. The van der Waals surface area contributed by atoms with Gasteiger partial charge in [0, 0.05) is 32.2 Å². The van der Waals surface area contributed by atoms with Crippen LogP contribution in [0.4, 0.5) is 10.1 Å². The summed E-state index contributed by atoms with van der Waals surface area (Å²) < 4.78 is 42.3. The van der Waals surface area contributed by atoms with E-state index in [1.54, 1.807) is 31.2 Å². The zero-order chi connectivity index (χ0) is 26.2. The normalized spacial score (nSPS) is 12.3. The van der Waals surface area contributed by atoms with Gasteiger partial charge in [0.25, 0.3) is 0 Å². The Hall–Kier alpha value is -2.69. The highest BCUT2D eigenvalue weighted by Gasteiger charge is 2.33. The van der Waals surface area contributed by atoms with E-state index in [0.29, 0.717) is 21.4 Å². The molecule has 0 unspecified atom stereocenters. The first-order valence-electron chi connectivity index (χ1n) is 11.2. The van der Waals surface area contributed by atoms with Gasteiger partial charge in [-0.2, -0.15) is 12.7 Å². The molecule has 1 N–H and O–H groups in total. The van der Waals surface area contributed by atoms with Crippen LogP contribution >= 0.6 is 11.6 Å². The predicted molar refractivity (Wildman–Crippen MR) is 136 cm³/mol. The Balaban J connectivity index is 2.42. The van der Waals surface area contributed by atoms with Gasteiger partial charge in [-0.15, -0.1) is 0 Å². The third-order valence-electron chi connectivity index (χ3n) is 5.40. The molecule has 35 heavy (non-hydrogen) atoms. The third kappa shape index (κ3) is 7.65.